The van der Waals surface area contributed by atoms with Gasteiger partial charge in [0.05, 0.1) is 24.2 Å². The molecule has 0 amide bonds. The van der Waals surface area contributed by atoms with Gasteiger partial charge in [-0.2, -0.15) is 15.0 Å². The normalized spacial score (nSPS) is 14.5. The molecular weight excluding hydrogens is 468 g/mol. The second-order valence-corrected chi connectivity index (χ2v) is 9.27. The van der Waals surface area contributed by atoms with Crippen LogP contribution in [0.5, 0.6) is 5.75 Å². The van der Waals surface area contributed by atoms with Crippen molar-refractivity contribution in [1.82, 2.24) is 24.5 Å². The van der Waals surface area contributed by atoms with E-state index in [0.717, 1.165) is 5.56 Å². The van der Waals surface area contributed by atoms with Crippen LogP contribution in [0.4, 0.5) is 20.7 Å². The summed E-state index contributed by atoms with van der Waals surface area (Å²) in [5.41, 5.74) is 1.09. The number of benzene rings is 2. The van der Waals surface area contributed by atoms with Crippen molar-refractivity contribution in [3.8, 4) is 11.7 Å². The van der Waals surface area contributed by atoms with Crippen LogP contribution >= 0.6 is 0 Å². The first-order valence-corrected chi connectivity index (χ1v) is 11.7. The molecule has 188 valence electrons. The van der Waals surface area contributed by atoms with Crippen LogP contribution in [0.3, 0.4) is 0 Å². The molecule has 3 heterocycles. The largest absolute Gasteiger partial charge is 0.508 e. The van der Waals surface area contributed by atoms with Crippen LogP contribution in [0, 0.1) is 0 Å². The van der Waals surface area contributed by atoms with E-state index in [2.05, 4.69) is 25.3 Å². The van der Waals surface area contributed by atoms with Crippen LogP contribution in [0.1, 0.15) is 31.7 Å². The predicted molar refractivity (Wildman–Crippen MR) is 132 cm³/mol. The highest BCUT2D eigenvalue weighted by atomic mass is 19.3. The molecule has 0 spiro atoms. The van der Waals surface area contributed by atoms with Crippen molar-refractivity contribution in [3.63, 3.8) is 0 Å². The molecule has 0 atom stereocenters. The van der Waals surface area contributed by atoms with Crippen molar-refractivity contribution >= 4 is 22.9 Å². The van der Waals surface area contributed by atoms with Crippen molar-refractivity contribution in [2.45, 2.75) is 32.2 Å². The van der Waals surface area contributed by atoms with E-state index in [0.29, 0.717) is 49.7 Å². The molecule has 1 fully saturated rings. The summed E-state index contributed by atoms with van der Waals surface area (Å²) in [6, 6.07) is 14.0. The zero-order valence-electron chi connectivity index (χ0n) is 20.0. The molecule has 2 N–H and O–H groups in total. The van der Waals surface area contributed by atoms with Crippen molar-refractivity contribution in [2.75, 3.05) is 36.5 Å². The number of fused-ring (bicyclic) bond motifs is 1. The molecule has 2 aromatic heterocycles. The summed E-state index contributed by atoms with van der Waals surface area (Å²) in [7, 11) is 0. The van der Waals surface area contributed by atoms with Crippen LogP contribution in [-0.4, -0.2) is 61.5 Å². The number of imidazole rings is 1. The van der Waals surface area contributed by atoms with Crippen molar-refractivity contribution in [2.24, 2.45) is 0 Å². The molecule has 0 saturated carbocycles. The number of aromatic hydroxyl groups is 1. The third-order valence-corrected chi connectivity index (χ3v) is 5.96. The second kappa shape index (κ2) is 9.65. The molecule has 36 heavy (non-hydrogen) atoms. The monoisotopic (exact) mass is 495 g/mol. The summed E-state index contributed by atoms with van der Waals surface area (Å²) in [4.78, 5) is 19.8. The molecule has 2 aromatic carbocycles. The number of halogens is 2. The van der Waals surface area contributed by atoms with Gasteiger partial charge in [0.25, 0.3) is 6.43 Å². The first-order chi connectivity index (χ1) is 17.3. The number of para-hydroxylation sites is 3. The van der Waals surface area contributed by atoms with Gasteiger partial charge < -0.3 is 20.1 Å². The zero-order chi connectivity index (χ0) is 25.3. The number of rotatable bonds is 7. The van der Waals surface area contributed by atoms with Gasteiger partial charge in [0, 0.05) is 18.6 Å². The molecule has 1 saturated heterocycles. The lowest BCUT2D eigenvalue weighted by molar-refractivity contribution is 0.122. The third-order valence-electron chi connectivity index (χ3n) is 5.96. The van der Waals surface area contributed by atoms with Gasteiger partial charge in [-0.05, 0) is 44.0 Å². The van der Waals surface area contributed by atoms with Gasteiger partial charge in [0.15, 0.2) is 5.82 Å². The fraction of sp³-hybridized carbons (Fsp3) is 0.360. The first kappa shape index (κ1) is 23.9. The van der Waals surface area contributed by atoms with Crippen LogP contribution in [-0.2, 0) is 11.2 Å². The van der Waals surface area contributed by atoms with Gasteiger partial charge in [-0.25, -0.2) is 13.8 Å². The Morgan fingerprint density at radius 1 is 0.972 bits per heavy atom. The molecule has 0 radical (unpaired) electrons. The molecule has 9 nitrogen and oxygen atoms in total. The minimum absolute atomic E-state index is 0.0522. The number of aromatic nitrogens is 5. The highest BCUT2D eigenvalue weighted by Crippen LogP contribution is 2.29. The molecule has 0 unspecified atom stereocenters. The lowest BCUT2D eigenvalue weighted by Gasteiger charge is -2.29. The fourth-order valence-corrected chi connectivity index (χ4v) is 4.30. The van der Waals surface area contributed by atoms with Gasteiger partial charge in [0.1, 0.15) is 5.75 Å². The predicted octanol–water partition coefficient (Wildman–Crippen LogP) is 4.12. The maximum Gasteiger partial charge on any atom is 0.296 e. The molecule has 1 aliphatic rings. The van der Waals surface area contributed by atoms with E-state index in [1.165, 1.54) is 4.57 Å². The molecule has 0 aliphatic carbocycles. The van der Waals surface area contributed by atoms with Crippen molar-refractivity contribution < 1.29 is 18.6 Å². The second-order valence-electron chi connectivity index (χ2n) is 9.27. The number of morpholine rings is 1. The minimum Gasteiger partial charge on any atom is -0.508 e. The third kappa shape index (κ3) is 4.92. The minimum atomic E-state index is -2.82. The quantitative estimate of drug-likeness (QED) is 0.395. The number of phenols is 1. The molecule has 11 heteroatoms. The summed E-state index contributed by atoms with van der Waals surface area (Å²) in [6.07, 6.45) is -2.35. The Balaban J connectivity index is 1.59. The average molecular weight is 496 g/mol. The Morgan fingerprint density at radius 2 is 1.67 bits per heavy atom. The van der Waals surface area contributed by atoms with Gasteiger partial charge in [-0.3, -0.25) is 4.57 Å². The van der Waals surface area contributed by atoms with E-state index in [-0.39, 0.29) is 17.6 Å². The van der Waals surface area contributed by atoms with E-state index in [1.54, 1.807) is 36.4 Å². The fourth-order valence-electron chi connectivity index (χ4n) is 4.30. The highest BCUT2D eigenvalue weighted by Gasteiger charge is 2.26. The number of alkyl halides is 2. The molecule has 5 rings (SSSR count). The smallest absolute Gasteiger partial charge is 0.296 e. The summed E-state index contributed by atoms with van der Waals surface area (Å²) < 4.78 is 34.8. The van der Waals surface area contributed by atoms with Crippen molar-refractivity contribution in [1.29, 1.82) is 0 Å². The molecule has 4 aromatic rings. The summed E-state index contributed by atoms with van der Waals surface area (Å²) in [5.74, 6) is 0.414. The topological polar surface area (TPSA) is 101 Å². The first-order valence-electron chi connectivity index (χ1n) is 11.7. The Morgan fingerprint density at radius 3 is 2.42 bits per heavy atom. The Bertz CT molecular complexity index is 1370. The van der Waals surface area contributed by atoms with Crippen molar-refractivity contribution in [3.05, 3.63) is 59.9 Å². The van der Waals surface area contributed by atoms with Crippen LogP contribution in [0.2, 0.25) is 0 Å². The molecule has 1 aliphatic heterocycles. The van der Waals surface area contributed by atoms with Crippen LogP contribution in [0.15, 0.2) is 48.5 Å². The lowest BCUT2D eigenvalue weighted by atomic mass is 9.94. The Labute approximate surface area is 206 Å². The number of ether oxygens (including phenoxy) is 1. The SMILES string of the molecule is CC(C)(Cc1ccccc1O)Nc1nc(N2CCOCC2)nc(-n2c(C(F)F)nc3ccccc32)n1. The molecule has 0 bridgehead atoms. The number of nitrogens with one attached hydrogen (secondary N) is 1. The summed E-state index contributed by atoms with van der Waals surface area (Å²) in [6.45, 7) is 6.06. The maximum absolute atomic E-state index is 14.0. The number of nitrogens with zero attached hydrogens (tertiary/aromatic N) is 6. The van der Waals surface area contributed by atoms with Gasteiger partial charge in [-0.15, -0.1) is 0 Å². The number of phenolic OH excluding ortho intramolecular Hbond substituents is 1. The number of hydrogen-bond donors (Lipinski definition) is 2. The van der Waals surface area contributed by atoms with E-state index in [1.807, 2.05) is 30.9 Å². The lowest BCUT2D eigenvalue weighted by Crippen LogP contribution is -2.38. The standard InChI is InChI=1S/C25H27F2N7O2/c1-25(2,15-16-7-3-6-10-19(16)35)32-22-29-23(33-11-13-36-14-12-33)31-24(30-22)34-18-9-5-4-8-17(18)28-21(34)20(26)27/h3-10,20,35H,11-15H2,1-2H3,(H,29,30,31,32). The van der Waals surface area contributed by atoms with E-state index >= 15 is 0 Å². The van der Waals surface area contributed by atoms with Crippen LogP contribution in [0.25, 0.3) is 17.0 Å². The average Bonchev–Trinajstić information content (AvgIpc) is 3.26. The van der Waals surface area contributed by atoms with Crippen LogP contribution < -0.4 is 10.2 Å². The van der Waals surface area contributed by atoms with E-state index in [4.69, 9.17) is 4.74 Å². The highest BCUT2D eigenvalue weighted by molar-refractivity contribution is 5.77. The Hall–Kier alpha value is -3.86. The number of hydrogen-bond acceptors (Lipinski definition) is 8. The van der Waals surface area contributed by atoms with Gasteiger partial charge in [-0.1, -0.05) is 30.3 Å². The zero-order valence-corrected chi connectivity index (χ0v) is 20.0. The maximum atomic E-state index is 14.0. The van der Waals surface area contributed by atoms with Gasteiger partial charge in [0.2, 0.25) is 17.8 Å². The van der Waals surface area contributed by atoms with Gasteiger partial charge >= 0.3 is 0 Å². The summed E-state index contributed by atoms with van der Waals surface area (Å²) in [5, 5.41) is 13.6. The Kier molecular flexibility index (Phi) is 6.40. The summed E-state index contributed by atoms with van der Waals surface area (Å²) >= 11 is 0. The van der Waals surface area contributed by atoms with E-state index in [9.17, 15) is 13.9 Å². The van der Waals surface area contributed by atoms with E-state index < -0.39 is 17.8 Å². The number of anilines is 2. The molecular formula is C25H27F2N7O2.